The van der Waals surface area contributed by atoms with Crippen LogP contribution < -0.4 is 11.4 Å². The van der Waals surface area contributed by atoms with Crippen LogP contribution in [0, 0.1) is 11.8 Å². The molecule has 1 aromatic heterocycles. The first-order valence-corrected chi connectivity index (χ1v) is 7.16. The second-order valence-electron chi connectivity index (χ2n) is 5.92. The van der Waals surface area contributed by atoms with Crippen molar-refractivity contribution in [3.8, 4) is 0 Å². The molecule has 0 bridgehead atoms. The summed E-state index contributed by atoms with van der Waals surface area (Å²) in [6.45, 7) is 2.78. The van der Waals surface area contributed by atoms with Crippen LogP contribution in [0.5, 0.6) is 0 Å². The summed E-state index contributed by atoms with van der Waals surface area (Å²) in [6.07, 6.45) is 0. The molecule has 22 heavy (non-hydrogen) atoms. The zero-order chi connectivity index (χ0) is 16.0. The number of hydrogen-bond donors (Lipinski definition) is 2. The monoisotopic (exact) mass is 302 g/mol. The number of likely N-dealkylation sites (tertiary alicyclic amines) is 1. The van der Waals surface area contributed by atoms with E-state index in [4.69, 9.17) is 5.73 Å². The first-order chi connectivity index (χ1) is 10.4. The van der Waals surface area contributed by atoms with Gasteiger partial charge in [-0.3, -0.25) is 14.2 Å². The highest BCUT2D eigenvalue weighted by Gasteiger charge is 2.36. The van der Waals surface area contributed by atoms with Crippen LogP contribution in [0.4, 0.5) is 0 Å². The van der Waals surface area contributed by atoms with E-state index in [0.29, 0.717) is 29.7 Å². The average Bonchev–Trinajstić information content (AvgIpc) is 3.00. The van der Waals surface area contributed by atoms with E-state index in [9.17, 15) is 14.4 Å². The number of imidazole rings is 1. The maximum absolute atomic E-state index is 12.6. The van der Waals surface area contributed by atoms with E-state index in [1.54, 1.807) is 30.1 Å². The fourth-order valence-corrected chi connectivity index (χ4v) is 3.04. The van der Waals surface area contributed by atoms with Crippen LogP contribution in [-0.4, -0.2) is 39.4 Å². The van der Waals surface area contributed by atoms with Gasteiger partial charge in [0.2, 0.25) is 5.91 Å². The predicted octanol–water partition coefficient (Wildman–Crippen LogP) is 0.0600. The highest BCUT2D eigenvalue weighted by molar-refractivity contribution is 5.98. The standard InChI is InChI=1S/C15H18N4O3/c1-8-6-19(7-10(8)13(16)20)14(21)9-3-4-11-12(5-9)18(2)15(22)17-11/h3-5,8,10H,6-7H2,1-2H3,(H2,16,20)(H,17,22)/t8-,10-/m1/s1. The number of aryl methyl sites for hydroxylation is 1. The Morgan fingerprint density at radius 3 is 2.68 bits per heavy atom. The quantitative estimate of drug-likeness (QED) is 0.820. The molecule has 2 atom stereocenters. The van der Waals surface area contributed by atoms with Gasteiger partial charge >= 0.3 is 5.69 Å². The van der Waals surface area contributed by atoms with Crippen molar-refractivity contribution in [1.82, 2.24) is 14.5 Å². The minimum atomic E-state index is -0.369. The van der Waals surface area contributed by atoms with Crippen molar-refractivity contribution < 1.29 is 9.59 Å². The average molecular weight is 302 g/mol. The van der Waals surface area contributed by atoms with E-state index in [-0.39, 0.29) is 29.3 Å². The van der Waals surface area contributed by atoms with Crippen LogP contribution in [0.25, 0.3) is 11.0 Å². The van der Waals surface area contributed by atoms with Crippen LogP contribution in [0.15, 0.2) is 23.0 Å². The van der Waals surface area contributed by atoms with Crippen LogP contribution in [0.1, 0.15) is 17.3 Å². The number of amides is 2. The number of H-pyrrole nitrogens is 1. The molecule has 0 spiro atoms. The Bertz CT molecular complexity index is 820. The van der Waals surface area contributed by atoms with Crippen LogP contribution in [0.3, 0.4) is 0 Å². The van der Waals surface area contributed by atoms with Gasteiger partial charge in [-0.05, 0) is 24.1 Å². The van der Waals surface area contributed by atoms with Crippen molar-refractivity contribution >= 4 is 22.8 Å². The van der Waals surface area contributed by atoms with Gasteiger partial charge in [0.1, 0.15) is 0 Å². The molecule has 0 aliphatic carbocycles. The van der Waals surface area contributed by atoms with Gasteiger partial charge in [0.05, 0.1) is 17.0 Å². The molecule has 3 rings (SSSR count). The molecule has 1 aliphatic heterocycles. The molecule has 1 saturated heterocycles. The lowest BCUT2D eigenvalue weighted by Gasteiger charge is -2.16. The summed E-state index contributed by atoms with van der Waals surface area (Å²) in [5, 5.41) is 0. The highest BCUT2D eigenvalue weighted by Crippen LogP contribution is 2.24. The van der Waals surface area contributed by atoms with E-state index in [2.05, 4.69) is 4.98 Å². The first kappa shape index (κ1) is 14.4. The van der Waals surface area contributed by atoms with Gasteiger partial charge in [-0.1, -0.05) is 6.92 Å². The lowest BCUT2D eigenvalue weighted by molar-refractivity contribution is -0.122. The zero-order valence-corrected chi connectivity index (χ0v) is 12.5. The highest BCUT2D eigenvalue weighted by atomic mass is 16.2. The molecular weight excluding hydrogens is 284 g/mol. The number of aromatic nitrogens is 2. The second kappa shape index (κ2) is 5.01. The number of nitrogens with zero attached hydrogens (tertiary/aromatic N) is 2. The van der Waals surface area contributed by atoms with Gasteiger partial charge in [-0.2, -0.15) is 0 Å². The van der Waals surface area contributed by atoms with Crippen molar-refractivity contribution in [3.05, 3.63) is 34.2 Å². The molecule has 7 nitrogen and oxygen atoms in total. The lowest BCUT2D eigenvalue weighted by Crippen LogP contribution is -2.32. The zero-order valence-electron chi connectivity index (χ0n) is 12.5. The number of aromatic amines is 1. The molecule has 2 amide bonds. The molecular formula is C15H18N4O3. The summed E-state index contributed by atoms with van der Waals surface area (Å²) in [7, 11) is 1.65. The van der Waals surface area contributed by atoms with E-state index in [0.717, 1.165) is 0 Å². The van der Waals surface area contributed by atoms with Crippen molar-refractivity contribution in [2.24, 2.45) is 24.6 Å². The Hall–Kier alpha value is -2.57. The van der Waals surface area contributed by atoms with E-state index in [1.807, 2.05) is 6.92 Å². The smallest absolute Gasteiger partial charge is 0.326 e. The molecule has 1 aliphatic rings. The van der Waals surface area contributed by atoms with Gasteiger partial charge < -0.3 is 15.6 Å². The molecule has 0 unspecified atom stereocenters. The molecule has 2 heterocycles. The number of rotatable bonds is 2. The molecule has 1 fully saturated rings. The third-order valence-corrected chi connectivity index (χ3v) is 4.42. The number of primary amides is 1. The normalized spacial score (nSPS) is 21.5. The minimum absolute atomic E-state index is 0.0572. The molecule has 0 saturated carbocycles. The number of nitrogens with two attached hydrogens (primary N) is 1. The van der Waals surface area contributed by atoms with Crippen LogP contribution in [-0.2, 0) is 11.8 Å². The number of hydrogen-bond acceptors (Lipinski definition) is 3. The van der Waals surface area contributed by atoms with Crippen LogP contribution >= 0.6 is 0 Å². The summed E-state index contributed by atoms with van der Waals surface area (Å²) >= 11 is 0. The van der Waals surface area contributed by atoms with Gasteiger partial charge in [0.25, 0.3) is 5.91 Å². The SMILES string of the molecule is C[C@@H]1CN(C(=O)c2ccc3[nH]c(=O)n(C)c3c2)C[C@H]1C(N)=O. The van der Waals surface area contributed by atoms with Crippen LogP contribution in [0.2, 0.25) is 0 Å². The van der Waals surface area contributed by atoms with Gasteiger partial charge in [0.15, 0.2) is 0 Å². The molecule has 7 heteroatoms. The Morgan fingerprint density at radius 1 is 1.32 bits per heavy atom. The van der Waals surface area contributed by atoms with Gasteiger partial charge in [-0.15, -0.1) is 0 Å². The Morgan fingerprint density at radius 2 is 2.05 bits per heavy atom. The lowest BCUT2D eigenvalue weighted by atomic mass is 9.98. The molecule has 2 aromatic rings. The molecule has 1 aromatic carbocycles. The summed E-state index contributed by atoms with van der Waals surface area (Å²) in [4.78, 5) is 39.9. The fraction of sp³-hybridized carbons (Fsp3) is 0.400. The number of benzene rings is 1. The third kappa shape index (κ3) is 2.18. The van der Waals surface area contributed by atoms with Gasteiger partial charge in [-0.25, -0.2) is 4.79 Å². The second-order valence-corrected chi connectivity index (χ2v) is 5.92. The van der Waals surface area contributed by atoms with E-state index >= 15 is 0 Å². The summed E-state index contributed by atoms with van der Waals surface area (Å²) < 4.78 is 1.46. The topological polar surface area (TPSA) is 101 Å². The molecule has 3 N–H and O–H groups in total. The van der Waals surface area contributed by atoms with Gasteiger partial charge in [0, 0.05) is 25.7 Å². The van der Waals surface area contributed by atoms with Crippen molar-refractivity contribution in [2.45, 2.75) is 6.92 Å². The number of nitrogens with one attached hydrogen (secondary N) is 1. The summed E-state index contributed by atoms with van der Waals surface area (Å²) in [5.41, 5.74) is 7.01. The number of fused-ring (bicyclic) bond motifs is 1. The Kier molecular flexibility index (Phi) is 3.27. The van der Waals surface area contributed by atoms with Crippen molar-refractivity contribution in [3.63, 3.8) is 0 Å². The summed E-state index contributed by atoms with van der Waals surface area (Å²) in [5.74, 6) is -0.761. The van der Waals surface area contributed by atoms with E-state index in [1.165, 1.54) is 4.57 Å². The largest absolute Gasteiger partial charge is 0.369 e. The Balaban J connectivity index is 1.91. The minimum Gasteiger partial charge on any atom is -0.369 e. The molecule has 0 radical (unpaired) electrons. The molecule has 116 valence electrons. The first-order valence-electron chi connectivity index (χ1n) is 7.16. The fourth-order valence-electron chi connectivity index (χ4n) is 3.04. The maximum atomic E-state index is 12.6. The Labute approximate surface area is 126 Å². The van der Waals surface area contributed by atoms with E-state index < -0.39 is 0 Å². The number of carbonyl (C=O) groups excluding carboxylic acids is 2. The number of carbonyl (C=O) groups is 2. The predicted molar refractivity (Wildman–Crippen MR) is 81.3 cm³/mol. The van der Waals surface area contributed by atoms with Crippen molar-refractivity contribution in [2.75, 3.05) is 13.1 Å². The third-order valence-electron chi connectivity index (χ3n) is 4.42. The van der Waals surface area contributed by atoms with Crippen molar-refractivity contribution in [1.29, 1.82) is 0 Å². The maximum Gasteiger partial charge on any atom is 0.326 e. The summed E-state index contributed by atoms with van der Waals surface area (Å²) in [6, 6.07) is 5.09.